The summed E-state index contributed by atoms with van der Waals surface area (Å²) in [5.41, 5.74) is 0. The van der Waals surface area contributed by atoms with Gasteiger partial charge in [-0.3, -0.25) is 0 Å². The fourth-order valence-corrected chi connectivity index (χ4v) is 2.46. The number of nitrogens with zero attached hydrogens (tertiary/aromatic N) is 2. The van der Waals surface area contributed by atoms with E-state index >= 15 is 0 Å². The Labute approximate surface area is 101 Å². The van der Waals surface area contributed by atoms with Crippen molar-refractivity contribution in [1.29, 1.82) is 0 Å². The lowest BCUT2D eigenvalue weighted by Crippen LogP contribution is -2.53. The fourth-order valence-electron chi connectivity index (χ4n) is 1.24. The molecule has 1 aliphatic rings. The highest BCUT2D eigenvalue weighted by Gasteiger charge is 2.36. The van der Waals surface area contributed by atoms with Gasteiger partial charge in [-0.2, -0.15) is 12.7 Å². The van der Waals surface area contributed by atoms with Gasteiger partial charge in [0.15, 0.2) is 0 Å². The molecule has 0 aromatic carbocycles. The first-order chi connectivity index (χ1) is 7.77. The second-order valence-corrected chi connectivity index (χ2v) is 5.58. The van der Waals surface area contributed by atoms with Crippen molar-refractivity contribution < 1.29 is 17.9 Å². The van der Waals surface area contributed by atoms with E-state index in [0.717, 1.165) is 0 Å². The van der Waals surface area contributed by atoms with Crippen molar-refractivity contribution in [2.75, 3.05) is 0 Å². The number of amidine groups is 1. The summed E-state index contributed by atoms with van der Waals surface area (Å²) in [5.74, 6) is 0. The van der Waals surface area contributed by atoms with Gasteiger partial charge in [0.1, 0.15) is 0 Å². The van der Waals surface area contributed by atoms with E-state index in [9.17, 15) is 13.2 Å². The third kappa shape index (κ3) is 3.09. The molecule has 0 fully saturated rings. The summed E-state index contributed by atoms with van der Waals surface area (Å²) < 4.78 is 31.5. The summed E-state index contributed by atoms with van der Waals surface area (Å²) >= 11 is 0. The van der Waals surface area contributed by atoms with Crippen LogP contribution in [0.3, 0.4) is 0 Å². The maximum absolute atomic E-state index is 11.7. The molecule has 98 valence electrons. The van der Waals surface area contributed by atoms with Crippen LogP contribution in [0.25, 0.3) is 0 Å². The van der Waals surface area contributed by atoms with E-state index in [1.807, 2.05) is 6.92 Å². The maximum Gasteiger partial charge on any atom is 0.363 e. The molecule has 1 atom stereocenters. The van der Waals surface area contributed by atoms with Crippen LogP contribution in [0.1, 0.15) is 34.1 Å². The van der Waals surface area contributed by atoms with E-state index < -0.39 is 22.3 Å². The summed E-state index contributed by atoms with van der Waals surface area (Å²) in [4.78, 5) is 15.1. The van der Waals surface area contributed by atoms with E-state index in [4.69, 9.17) is 4.74 Å². The molecule has 2 amide bonds. The predicted molar refractivity (Wildman–Crippen MR) is 62.7 cm³/mol. The third-order valence-corrected chi connectivity index (χ3v) is 3.75. The van der Waals surface area contributed by atoms with Crippen molar-refractivity contribution in [3.05, 3.63) is 0 Å². The molecule has 17 heavy (non-hydrogen) atoms. The molecule has 1 rings (SSSR count). The minimum atomic E-state index is -3.90. The number of aliphatic imine (C=N–C) groups is 1. The van der Waals surface area contributed by atoms with Gasteiger partial charge in [-0.05, 0) is 27.2 Å². The van der Waals surface area contributed by atoms with Crippen LogP contribution in [-0.4, -0.2) is 36.9 Å². The molecule has 0 aliphatic carbocycles. The zero-order valence-electron chi connectivity index (χ0n) is 10.3. The van der Waals surface area contributed by atoms with Gasteiger partial charge in [-0.25, -0.2) is 9.52 Å². The van der Waals surface area contributed by atoms with Crippen LogP contribution in [0.5, 0.6) is 0 Å². The SMILES string of the molecule is CCC(C)OC1=NC(=O)N(C(C)C)S(=O)(=O)N1. The van der Waals surface area contributed by atoms with Gasteiger partial charge < -0.3 is 4.74 Å². The lowest BCUT2D eigenvalue weighted by Gasteiger charge is -2.28. The number of carbonyl (C=O) groups excluding carboxylic acids is 1. The summed E-state index contributed by atoms with van der Waals surface area (Å²) in [5, 5.41) is 0. The summed E-state index contributed by atoms with van der Waals surface area (Å²) in [6.45, 7) is 6.82. The van der Waals surface area contributed by atoms with Crippen molar-refractivity contribution in [2.45, 2.75) is 46.3 Å². The fraction of sp³-hybridized carbons (Fsp3) is 0.778. The highest BCUT2D eigenvalue weighted by Crippen LogP contribution is 2.13. The van der Waals surface area contributed by atoms with Crippen LogP contribution in [0, 0.1) is 0 Å². The first-order valence-electron chi connectivity index (χ1n) is 5.39. The quantitative estimate of drug-likeness (QED) is 0.817. The van der Waals surface area contributed by atoms with Gasteiger partial charge in [0.2, 0.25) is 0 Å². The van der Waals surface area contributed by atoms with Crippen LogP contribution < -0.4 is 4.72 Å². The molecule has 0 aromatic heterocycles. The van der Waals surface area contributed by atoms with Gasteiger partial charge in [0.05, 0.1) is 6.10 Å². The highest BCUT2D eigenvalue weighted by atomic mass is 32.2. The summed E-state index contributed by atoms with van der Waals surface area (Å²) in [7, 11) is -3.90. The third-order valence-electron chi connectivity index (χ3n) is 2.22. The standard InChI is InChI=1S/C9H17N3O4S/c1-5-7(4)16-8-10-9(13)12(6(2)3)17(14,15)11-8/h6-7H,5H2,1-4H3,(H,10,11,13). The largest absolute Gasteiger partial charge is 0.461 e. The smallest absolute Gasteiger partial charge is 0.363 e. The number of urea groups is 1. The second kappa shape index (κ2) is 4.91. The Hall–Kier alpha value is -1.31. The molecular weight excluding hydrogens is 246 g/mol. The number of ether oxygens (including phenoxy) is 1. The number of carbonyl (C=O) groups is 1. The topological polar surface area (TPSA) is 88.1 Å². The molecule has 0 bridgehead atoms. The van der Waals surface area contributed by atoms with Crippen LogP contribution in [0.4, 0.5) is 4.79 Å². The van der Waals surface area contributed by atoms with Gasteiger partial charge >= 0.3 is 22.3 Å². The normalized spacial score (nSPS) is 20.9. The first-order valence-corrected chi connectivity index (χ1v) is 6.83. The van der Waals surface area contributed by atoms with Gasteiger partial charge in [0, 0.05) is 6.04 Å². The van der Waals surface area contributed by atoms with Crippen molar-refractivity contribution >= 4 is 22.3 Å². The van der Waals surface area contributed by atoms with Crippen molar-refractivity contribution in [2.24, 2.45) is 4.99 Å². The average Bonchev–Trinajstić information content (AvgIpc) is 2.13. The Bertz CT molecular complexity index is 430. The average molecular weight is 263 g/mol. The monoisotopic (exact) mass is 263 g/mol. The zero-order valence-corrected chi connectivity index (χ0v) is 11.1. The molecular formula is C9H17N3O4S. The first kappa shape index (κ1) is 13.8. The van der Waals surface area contributed by atoms with E-state index in [1.54, 1.807) is 20.8 Å². The molecule has 1 aliphatic heterocycles. The highest BCUT2D eigenvalue weighted by molar-refractivity contribution is 7.88. The summed E-state index contributed by atoms with van der Waals surface area (Å²) in [6.07, 6.45) is 0.470. The van der Waals surface area contributed by atoms with E-state index in [1.165, 1.54) is 0 Å². The Morgan fingerprint density at radius 1 is 1.41 bits per heavy atom. The van der Waals surface area contributed by atoms with Gasteiger partial charge in [-0.1, -0.05) is 6.92 Å². The van der Waals surface area contributed by atoms with Crippen molar-refractivity contribution in [3.8, 4) is 0 Å². The molecule has 0 aromatic rings. The Morgan fingerprint density at radius 2 is 2.00 bits per heavy atom. The van der Waals surface area contributed by atoms with E-state index in [2.05, 4.69) is 9.71 Å². The summed E-state index contributed by atoms with van der Waals surface area (Å²) in [6, 6.07) is -1.59. The minimum Gasteiger partial charge on any atom is -0.461 e. The lowest BCUT2D eigenvalue weighted by molar-refractivity contribution is 0.189. The van der Waals surface area contributed by atoms with E-state index in [0.29, 0.717) is 10.7 Å². The van der Waals surface area contributed by atoms with Crippen LogP contribution in [0.2, 0.25) is 0 Å². The number of hydrogen-bond donors (Lipinski definition) is 1. The molecule has 0 saturated carbocycles. The van der Waals surface area contributed by atoms with Crippen LogP contribution >= 0.6 is 0 Å². The molecule has 0 spiro atoms. The molecule has 1 unspecified atom stereocenters. The second-order valence-electron chi connectivity index (χ2n) is 4.03. The number of hydrogen-bond acceptors (Lipinski definition) is 4. The molecule has 8 heteroatoms. The van der Waals surface area contributed by atoms with Crippen molar-refractivity contribution in [1.82, 2.24) is 9.03 Å². The van der Waals surface area contributed by atoms with Crippen molar-refractivity contribution in [3.63, 3.8) is 0 Å². The molecule has 0 radical (unpaired) electrons. The number of nitrogens with one attached hydrogen (secondary N) is 1. The Balaban J connectivity index is 2.96. The van der Waals surface area contributed by atoms with E-state index in [-0.39, 0.29) is 12.1 Å². The van der Waals surface area contributed by atoms with Crippen LogP contribution in [0.15, 0.2) is 4.99 Å². The Morgan fingerprint density at radius 3 is 2.41 bits per heavy atom. The molecule has 7 nitrogen and oxygen atoms in total. The maximum atomic E-state index is 11.7. The molecule has 0 saturated heterocycles. The molecule has 1 heterocycles. The number of amides is 2. The minimum absolute atomic E-state index is 0.213. The van der Waals surface area contributed by atoms with Crippen LogP contribution in [-0.2, 0) is 14.9 Å². The molecule has 1 N–H and O–H groups in total. The van der Waals surface area contributed by atoms with Gasteiger partial charge in [0.25, 0.3) is 0 Å². The predicted octanol–water partition coefficient (Wildman–Crippen LogP) is 0.836. The van der Waals surface area contributed by atoms with Gasteiger partial charge in [-0.15, -0.1) is 4.99 Å². The Kier molecular flexibility index (Phi) is 3.97. The lowest BCUT2D eigenvalue weighted by atomic mass is 10.3. The zero-order chi connectivity index (χ0) is 13.2. The number of rotatable bonds is 3.